The van der Waals surface area contributed by atoms with Crippen molar-refractivity contribution in [3.05, 3.63) is 75.9 Å². The molecule has 4 aromatic rings. The van der Waals surface area contributed by atoms with Crippen molar-refractivity contribution in [1.29, 1.82) is 0 Å². The zero-order valence-electron chi connectivity index (χ0n) is 16.7. The predicted molar refractivity (Wildman–Crippen MR) is 115 cm³/mol. The Balaban J connectivity index is 1.85. The Morgan fingerprint density at radius 3 is 2.26 bits per heavy atom. The van der Waals surface area contributed by atoms with Gasteiger partial charge in [-0.1, -0.05) is 35.9 Å². The van der Waals surface area contributed by atoms with E-state index in [1.807, 2.05) is 48.5 Å². The third kappa shape index (κ3) is 4.08. The molecule has 0 radical (unpaired) electrons. The third-order valence-electron chi connectivity index (χ3n) is 4.67. The highest BCUT2D eigenvalue weighted by atomic mass is 35.5. The Hall–Kier alpha value is -3.85. The smallest absolute Gasteiger partial charge is 0.389 e. The molecule has 0 saturated carbocycles. The van der Waals surface area contributed by atoms with Crippen molar-refractivity contribution in [2.75, 3.05) is 14.2 Å². The van der Waals surface area contributed by atoms with E-state index in [2.05, 4.69) is 5.10 Å². The fourth-order valence-corrected chi connectivity index (χ4v) is 3.56. The first-order chi connectivity index (χ1) is 15.0. The maximum Gasteiger partial charge on any atom is 0.389 e. The summed E-state index contributed by atoms with van der Waals surface area (Å²) in [6.45, 7) is 0.129. The molecule has 0 atom stereocenters. The van der Waals surface area contributed by atoms with Crippen LogP contribution in [0.3, 0.4) is 0 Å². The number of aromatic nitrogens is 4. The number of benzene rings is 2. The summed E-state index contributed by atoms with van der Waals surface area (Å²) in [7, 11) is 3.17. The molecular formula is C21H18ClN5O4. The summed E-state index contributed by atoms with van der Waals surface area (Å²) >= 11 is 6.81. The summed E-state index contributed by atoms with van der Waals surface area (Å²) in [6, 6.07) is 16.2. The Labute approximate surface area is 182 Å². The zero-order valence-corrected chi connectivity index (χ0v) is 17.5. The van der Waals surface area contributed by atoms with Gasteiger partial charge in [0.25, 0.3) is 0 Å². The van der Waals surface area contributed by atoms with Crippen LogP contribution < -0.4 is 9.47 Å². The van der Waals surface area contributed by atoms with Crippen LogP contribution in [-0.4, -0.2) is 38.7 Å². The lowest BCUT2D eigenvalue weighted by atomic mass is 10.1. The summed E-state index contributed by atoms with van der Waals surface area (Å²) in [4.78, 5) is 10.4. The van der Waals surface area contributed by atoms with Gasteiger partial charge in [0.15, 0.2) is 6.67 Å². The Morgan fingerprint density at radius 2 is 1.65 bits per heavy atom. The minimum atomic E-state index is -0.544. The molecule has 4 rings (SSSR count). The van der Waals surface area contributed by atoms with Crippen LogP contribution in [0.4, 0.5) is 5.82 Å². The van der Waals surface area contributed by atoms with Crippen molar-refractivity contribution < 1.29 is 14.4 Å². The molecule has 0 spiro atoms. The lowest BCUT2D eigenvalue weighted by Crippen LogP contribution is -2.11. The first kappa shape index (κ1) is 20.4. The number of ether oxygens (including phenoxy) is 2. The van der Waals surface area contributed by atoms with Crippen LogP contribution >= 0.6 is 11.6 Å². The highest BCUT2D eigenvalue weighted by Gasteiger charge is 2.21. The monoisotopic (exact) mass is 439 g/mol. The molecular weight excluding hydrogens is 422 g/mol. The SMILES string of the molecule is COc1cccc(-c2nn(Cn3ccc([N+](=O)[O-])n3)c(-c3cccc(OC)c3)c2Cl)c1. The predicted octanol–water partition coefficient (Wildman–Crippen LogP) is 4.50. The molecule has 0 amide bonds. The van der Waals surface area contributed by atoms with Crippen LogP contribution in [0.1, 0.15) is 0 Å². The molecule has 9 nitrogen and oxygen atoms in total. The quantitative estimate of drug-likeness (QED) is 0.310. The van der Waals surface area contributed by atoms with Gasteiger partial charge in [0.05, 0.1) is 42.3 Å². The maximum atomic E-state index is 11.0. The van der Waals surface area contributed by atoms with Gasteiger partial charge >= 0.3 is 5.82 Å². The molecule has 0 N–H and O–H groups in total. The Bertz CT molecular complexity index is 1250. The van der Waals surface area contributed by atoms with Crippen LogP contribution in [0.25, 0.3) is 22.5 Å². The first-order valence-corrected chi connectivity index (χ1v) is 9.61. The van der Waals surface area contributed by atoms with Gasteiger partial charge < -0.3 is 19.6 Å². The summed E-state index contributed by atoms with van der Waals surface area (Å²) < 4.78 is 13.7. The lowest BCUT2D eigenvalue weighted by Gasteiger charge is -2.08. The topological polar surface area (TPSA) is 97.2 Å². The Morgan fingerprint density at radius 1 is 1.00 bits per heavy atom. The van der Waals surface area contributed by atoms with E-state index in [1.54, 1.807) is 18.9 Å². The number of hydrogen-bond acceptors (Lipinski definition) is 6. The second-order valence-electron chi connectivity index (χ2n) is 6.59. The van der Waals surface area contributed by atoms with Crippen molar-refractivity contribution in [1.82, 2.24) is 19.6 Å². The van der Waals surface area contributed by atoms with Crippen LogP contribution in [0, 0.1) is 10.1 Å². The lowest BCUT2D eigenvalue weighted by molar-refractivity contribution is -0.389. The number of halogens is 1. The van der Waals surface area contributed by atoms with Gasteiger partial charge in [-0.25, -0.2) is 4.68 Å². The van der Waals surface area contributed by atoms with E-state index in [0.717, 1.165) is 11.1 Å². The maximum absolute atomic E-state index is 11.0. The van der Waals surface area contributed by atoms with Crippen LogP contribution in [0.15, 0.2) is 60.8 Å². The van der Waals surface area contributed by atoms with Crippen molar-refractivity contribution in [3.8, 4) is 34.0 Å². The van der Waals surface area contributed by atoms with E-state index in [4.69, 9.17) is 26.2 Å². The van der Waals surface area contributed by atoms with Gasteiger partial charge in [-0.05, 0) is 29.2 Å². The number of rotatable bonds is 7. The fraction of sp³-hybridized carbons (Fsp3) is 0.143. The molecule has 0 aliphatic rings. The van der Waals surface area contributed by atoms with Crippen molar-refractivity contribution >= 4 is 17.4 Å². The van der Waals surface area contributed by atoms with Crippen LogP contribution in [0.2, 0.25) is 5.02 Å². The molecule has 2 aromatic heterocycles. The minimum Gasteiger partial charge on any atom is -0.497 e. The molecule has 2 aromatic carbocycles. The molecule has 0 bridgehead atoms. The Kier molecular flexibility index (Phi) is 5.59. The van der Waals surface area contributed by atoms with Gasteiger partial charge in [-0.15, -0.1) is 0 Å². The molecule has 0 fully saturated rings. The summed E-state index contributed by atoms with van der Waals surface area (Å²) in [5.41, 5.74) is 2.75. The van der Waals surface area contributed by atoms with Gasteiger partial charge in [-0.3, -0.25) is 0 Å². The first-order valence-electron chi connectivity index (χ1n) is 9.23. The number of hydrogen-bond donors (Lipinski definition) is 0. The highest BCUT2D eigenvalue weighted by Crippen LogP contribution is 2.38. The van der Waals surface area contributed by atoms with E-state index < -0.39 is 4.92 Å². The molecule has 31 heavy (non-hydrogen) atoms. The minimum absolute atomic E-state index is 0.129. The molecule has 0 aliphatic carbocycles. The largest absolute Gasteiger partial charge is 0.497 e. The van der Waals surface area contributed by atoms with Crippen LogP contribution in [0.5, 0.6) is 11.5 Å². The summed E-state index contributed by atoms with van der Waals surface area (Å²) in [5.74, 6) is 1.10. The van der Waals surface area contributed by atoms with E-state index in [1.165, 1.54) is 16.9 Å². The number of methoxy groups -OCH3 is 2. The second-order valence-corrected chi connectivity index (χ2v) is 6.96. The zero-order chi connectivity index (χ0) is 22.0. The fourth-order valence-electron chi connectivity index (χ4n) is 3.21. The molecule has 10 heteroatoms. The van der Waals surface area contributed by atoms with E-state index in [-0.39, 0.29) is 12.5 Å². The normalized spacial score (nSPS) is 10.8. The average Bonchev–Trinajstić information content (AvgIpc) is 3.38. The van der Waals surface area contributed by atoms with E-state index >= 15 is 0 Å². The third-order valence-corrected chi connectivity index (χ3v) is 5.03. The standard InChI is InChI=1S/C21H18ClN5O4/c1-30-16-7-3-5-14(11-16)20-19(22)21(15-6-4-8-17(12-15)31-2)26(24-20)13-25-10-9-18(23-25)27(28)29/h3-12H,13H2,1-2H3. The van der Waals surface area contributed by atoms with Crippen molar-refractivity contribution in [2.24, 2.45) is 0 Å². The van der Waals surface area contributed by atoms with Crippen molar-refractivity contribution in [3.63, 3.8) is 0 Å². The van der Waals surface area contributed by atoms with Crippen LogP contribution in [-0.2, 0) is 6.67 Å². The second kappa shape index (κ2) is 8.49. The van der Waals surface area contributed by atoms with Gasteiger partial charge in [0, 0.05) is 11.1 Å². The summed E-state index contributed by atoms with van der Waals surface area (Å²) in [5, 5.41) is 20.1. The van der Waals surface area contributed by atoms with Gasteiger partial charge in [-0.2, -0.15) is 9.78 Å². The molecule has 0 unspecified atom stereocenters. The average molecular weight is 440 g/mol. The number of nitrogens with zero attached hydrogens (tertiary/aromatic N) is 5. The van der Waals surface area contributed by atoms with Gasteiger partial charge in [0.1, 0.15) is 17.2 Å². The molecule has 0 aliphatic heterocycles. The molecule has 0 saturated heterocycles. The molecule has 158 valence electrons. The van der Waals surface area contributed by atoms with Gasteiger partial charge in [0.2, 0.25) is 0 Å². The number of nitro groups is 1. The van der Waals surface area contributed by atoms with E-state index in [0.29, 0.717) is 27.9 Å². The highest BCUT2D eigenvalue weighted by molar-refractivity contribution is 6.35. The summed E-state index contributed by atoms with van der Waals surface area (Å²) in [6.07, 6.45) is 1.52. The van der Waals surface area contributed by atoms with E-state index in [9.17, 15) is 10.1 Å². The molecule has 2 heterocycles. The van der Waals surface area contributed by atoms with Crippen molar-refractivity contribution in [2.45, 2.75) is 6.67 Å².